The van der Waals surface area contributed by atoms with Crippen LogP contribution >= 0.6 is 34.4 Å². The number of hydrogen-bond donors (Lipinski definition) is 0. The van der Waals surface area contributed by atoms with Crippen molar-refractivity contribution in [1.82, 2.24) is 9.51 Å². The fraction of sp³-hybridized carbons (Fsp3) is 0.214. The Kier molecular flexibility index (Phi) is 4.00. The van der Waals surface area contributed by atoms with Crippen molar-refractivity contribution in [3.63, 3.8) is 0 Å². The molecule has 1 aliphatic heterocycles. The number of benzene rings is 1. The van der Waals surface area contributed by atoms with E-state index in [0.717, 1.165) is 22.7 Å². The van der Waals surface area contributed by atoms with Crippen molar-refractivity contribution >= 4 is 40.2 Å². The van der Waals surface area contributed by atoms with Crippen LogP contribution in [0.1, 0.15) is 15.2 Å². The molecule has 104 valence electrons. The number of ether oxygens (including phenoxy) is 1. The SMILES string of the molecule is COc1ccc(CN2c3ncccc3C(I)N2Cl)cc1. The number of rotatable bonds is 3. The minimum atomic E-state index is 0.0937. The molecular weight excluding hydrogens is 389 g/mol. The van der Waals surface area contributed by atoms with Crippen molar-refractivity contribution in [3.05, 3.63) is 53.7 Å². The van der Waals surface area contributed by atoms with Crippen LogP contribution in [-0.2, 0) is 6.54 Å². The number of fused-ring (bicyclic) bond motifs is 1. The monoisotopic (exact) mass is 401 g/mol. The molecule has 1 aromatic heterocycles. The van der Waals surface area contributed by atoms with Gasteiger partial charge in [0.1, 0.15) is 15.6 Å². The van der Waals surface area contributed by atoms with Crippen molar-refractivity contribution < 1.29 is 4.74 Å². The molecule has 0 bridgehead atoms. The second-order valence-corrected chi connectivity index (χ2v) is 5.97. The summed E-state index contributed by atoms with van der Waals surface area (Å²) in [6, 6.07) is 12.0. The van der Waals surface area contributed by atoms with E-state index in [4.69, 9.17) is 16.5 Å². The van der Waals surface area contributed by atoms with Gasteiger partial charge in [-0.15, -0.1) is 4.53 Å². The number of alkyl halides is 1. The number of anilines is 1. The van der Waals surface area contributed by atoms with Crippen LogP contribution in [0.25, 0.3) is 0 Å². The zero-order chi connectivity index (χ0) is 14.1. The third-order valence-corrected chi connectivity index (χ3v) is 5.13. The Morgan fingerprint density at radius 3 is 2.75 bits per heavy atom. The summed E-state index contributed by atoms with van der Waals surface area (Å²) in [7, 11) is 1.66. The molecule has 1 aromatic carbocycles. The zero-order valence-electron chi connectivity index (χ0n) is 10.8. The summed E-state index contributed by atoms with van der Waals surface area (Å²) in [5.41, 5.74) is 2.29. The summed E-state index contributed by atoms with van der Waals surface area (Å²) in [4.78, 5) is 4.44. The lowest BCUT2D eigenvalue weighted by molar-refractivity contribution is 0.414. The first-order chi connectivity index (χ1) is 9.70. The van der Waals surface area contributed by atoms with Crippen LogP contribution in [0.15, 0.2) is 42.6 Å². The summed E-state index contributed by atoms with van der Waals surface area (Å²) in [5.74, 6) is 1.76. The number of methoxy groups -OCH3 is 1. The minimum absolute atomic E-state index is 0.0937. The molecule has 20 heavy (non-hydrogen) atoms. The normalized spacial score (nSPS) is 18.1. The van der Waals surface area contributed by atoms with Crippen molar-refractivity contribution in [2.24, 2.45) is 0 Å². The van der Waals surface area contributed by atoms with Crippen molar-refractivity contribution in [2.45, 2.75) is 10.6 Å². The maximum Gasteiger partial charge on any atom is 0.150 e. The molecule has 0 N–H and O–H groups in total. The summed E-state index contributed by atoms with van der Waals surface area (Å²) >= 11 is 8.70. The fourth-order valence-corrected chi connectivity index (χ4v) is 3.20. The van der Waals surface area contributed by atoms with Gasteiger partial charge < -0.3 is 4.74 Å². The molecular formula is C14H13ClIN3O. The van der Waals surface area contributed by atoms with Crippen LogP contribution in [0.2, 0.25) is 0 Å². The smallest absolute Gasteiger partial charge is 0.150 e. The van der Waals surface area contributed by atoms with Gasteiger partial charge >= 0.3 is 0 Å². The van der Waals surface area contributed by atoms with E-state index < -0.39 is 0 Å². The second-order valence-electron chi connectivity index (χ2n) is 4.45. The van der Waals surface area contributed by atoms with E-state index in [2.05, 4.69) is 33.6 Å². The number of halogens is 2. The van der Waals surface area contributed by atoms with Crippen LogP contribution in [-0.4, -0.2) is 16.6 Å². The predicted octanol–water partition coefficient (Wildman–Crippen LogP) is 3.91. The van der Waals surface area contributed by atoms with Crippen LogP contribution in [0.3, 0.4) is 0 Å². The lowest BCUT2D eigenvalue weighted by Gasteiger charge is -2.25. The summed E-state index contributed by atoms with van der Waals surface area (Å²) < 4.78 is 6.96. The standard InChI is InChI=1S/C14H13ClIN3O/c1-20-11-6-4-10(5-7-11)9-18-14-12(3-2-8-17-14)13(16)19(18)15/h2-8,13H,9H2,1H3. The lowest BCUT2D eigenvalue weighted by Crippen LogP contribution is -2.30. The maximum absolute atomic E-state index is 6.39. The molecule has 0 saturated carbocycles. The van der Waals surface area contributed by atoms with Crippen LogP contribution in [0, 0.1) is 0 Å². The Balaban J connectivity index is 1.86. The van der Waals surface area contributed by atoms with Crippen LogP contribution < -0.4 is 9.75 Å². The first kappa shape index (κ1) is 13.9. The first-order valence-corrected chi connectivity index (χ1v) is 7.73. The van der Waals surface area contributed by atoms with E-state index >= 15 is 0 Å². The predicted molar refractivity (Wildman–Crippen MR) is 87.9 cm³/mol. The first-order valence-electron chi connectivity index (χ1n) is 6.15. The third kappa shape index (κ3) is 2.45. The van der Waals surface area contributed by atoms with Crippen molar-refractivity contribution in [3.8, 4) is 5.75 Å². The summed E-state index contributed by atoms with van der Waals surface area (Å²) in [5, 5.41) is 1.98. The topological polar surface area (TPSA) is 28.6 Å². The molecule has 0 fully saturated rings. The van der Waals surface area contributed by atoms with E-state index in [-0.39, 0.29) is 4.05 Å². The number of nitrogens with zero attached hydrogens (tertiary/aromatic N) is 3. The summed E-state index contributed by atoms with van der Waals surface area (Å²) in [6.45, 7) is 0.678. The Labute approximate surface area is 136 Å². The summed E-state index contributed by atoms with van der Waals surface area (Å²) in [6.07, 6.45) is 1.79. The van der Waals surface area contributed by atoms with E-state index in [9.17, 15) is 0 Å². The highest BCUT2D eigenvalue weighted by Gasteiger charge is 2.34. The minimum Gasteiger partial charge on any atom is -0.497 e. The van der Waals surface area contributed by atoms with E-state index in [1.807, 2.05) is 35.3 Å². The lowest BCUT2D eigenvalue weighted by atomic mass is 10.2. The average Bonchev–Trinajstić information content (AvgIpc) is 2.74. The average molecular weight is 402 g/mol. The zero-order valence-corrected chi connectivity index (χ0v) is 13.7. The Hall–Kier alpha value is -1.05. The molecule has 1 atom stereocenters. The van der Waals surface area contributed by atoms with Crippen molar-refractivity contribution in [1.29, 1.82) is 0 Å². The van der Waals surface area contributed by atoms with Gasteiger partial charge in [-0.25, -0.2) is 4.98 Å². The Morgan fingerprint density at radius 2 is 2.05 bits per heavy atom. The van der Waals surface area contributed by atoms with Gasteiger partial charge in [0, 0.05) is 23.5 Å². The van der Waals surface area contributed by atoms with Gasteiger partial charge in [0.2, 0.25) is 0 Å². The number of hydrazine groups is 1. The third-order valence-electron chi connectivity index (χ3n) is 3.23. The number of pyridine rings is 1. The Morgan fingerprint density at radius 1 is 1.30 bits per heavy atom. The highest BCUT2D eigenvalue weighted by molar-refractivity contribution is 14.1. The van der Waals surface area contributed by atoms with Crippen LogP contribution in [0.4, 0.5) is 5.82 Å². The van der Waals surface area contributed by atoms with Gasteiger partial charge in [0.25, 0.3) is 0 Å². The molecule has 2 aromatic rings. The van der Waals surface area contributed by atoms with Gasteiger partial charge in [0.15, 0.2) is 0 Å². The van der Waals surface area contributed by atoms with E-state index in [1.54, 1.807) is 17.8 Å². The van der Waals surface area contributed by atoms with Gasteiger partial charge in [-0.1, -0.05) is 40.8 Å². The van der Waals surface area contributed by atoms with E-state index in [0.29, 0.717) is 6.54 Å². The molecule has 2 heterocycles. The van der Waals surface area contributed by atoms with Crippen LogP contribution in [0.5, 0.6) is 5.75 Å². The molecule has 0 spiro atoms. The van der Waals surface area contributed by atoms with Gasteiger partial charge in [-0.2, -0.15) is 0 Å². The van der Waals surface area contributed by atoms with Gasteiger partial charge in [-0.05, 0) is 23.8 Å². The number of hydrogen-bond acceptors (Lipinski definition) is 4. The molecule has 3 rings (SSSR count). The highest BCUT2D eigenvalue weighted by Crippen LogP contribution is 2.44. The van der Waals surface area contributed by atoms with Crippen molar-refractivity contribution in [2.75, 3.05) is 12.1 Å². The maximum atomic E-state index is 6.39. The number of aromatic nitrogens is 1. The quantitative estimate of drug-likeness (QED) is 0.337. The molecule has 1 unspecified atom stereocenters. The molecule has 0 saturated heterocycles. The largest absolute Gasteiger partial charge is 0.497 e. The molecule has 0 amide bonds. The fourth-order valence-electron chi connectivity index (χ4n) is 2.18. The molecule has 4 nitrogen and oxygen atoms in total. The molecule has 6 heteroatoms. The van der Waals surface area contributed by atoms with E-state index in [1.165, 1.54) is 0 Å². The van der Waals surface area contributed by atoms with Gasteiger partial charge in [0.05, 0.1) is 13.7 Å². The molecule has 0 radical (unpaired) electrons. The molecule has 1 aliphatic rings. The van der Waals surface area contributed by atoms with Gasteiger partial charge in [-0.3, -0.25) is 5.01 Å². The Bertz CT molecular complexity index is 608. The second kappa shape index (κ2) is 5.75. The molecule has 0 aliphatic carbocycles. The highest BCUT2D eigenvalue weighted by atomic mass is 127.